The maximum atomic E-state index is 13.1. The Morgan fingerprint density at radius 3 is 2.58 bits per heavy atom. The zero-order valence-corrected chi connectivity index (χ0v) is 11.4. The summed E-state index contributed by atoms with van der Waals surface area (Å²) in [6.07, 6.45) is -0.579. The number of nitrogens with zero attached hydrogens (tertiary/aromatic N) is 1. The Balaban J connectivity index is 2.53. The van der Waals surface area contributed by atoms with Gasteiger partial charge in [-0.1, -0.05) is 13.0 Å². The molecule has 5 heteroatoms. The summed E-state index contributed by atoms with van der Waals surface area (Å²) in [5.41, 5.74) is 0.685. The van der Waals surface area contributed by atoms with E-state index in [-0.39, 0.29) is 6.61 Å². The Hall–Kier alpha value is -1.04. The number of aliphatic hydroxyl groups excluding tert-OH is 1. The van der Waals surface area contributed by atoms with Crippen LogP contribution >= 0.6 is 0 Å². The molecule has 0 aliphatic heterocycles. The van der Waals surface area contributed by atoms with Crippen LogP contribution in [0.1, 0.15) is 19.4 Å². The van der Waals surface area contributed by atoms with Crippen LogP contribution in [0.2, 0.25) is 0 Å². The van der Waals surface area contributed by atoms with Crippen LogP contribution in [0.4, 0.5) is 8.78 Å². The Morgan fingerprint density at radius 1 is 1.26 bits per heavy atom. The van der Waals surface area contributed by atoms with Gasteiger partial charge in [0.2, 0.25) is 0 Å². The Labute approximate surface area is 112 Å². The van der Waals surface area contributed by atoms with Crippen molar-refractivity contribution in [1.82, 2.24) is 4.90 Å². The van der Waals surface area contributed by atoms with Gasteiger partial charge in [0.1, 0.15) is 0 Å². The second-order valence-corrected chi connectivity index (χ2v) is 4.39. The third kappa shape index (κ3) is 5.63. The highest BCUT2D eigenvalue weighted by atomic mass is 19.2. The molecule has 0 heterocycles. The molecular formula is C14H21F2NO2. The van der Waals surface area contributed by atoms with Crippen LogP contribution in [0.15, 0.2) is 18.2 Å². The van der Waals surface area contributed by atoms with Crippen LogP contribution < -0.4 is 0 Å². The lowest BCUT2D eigenvalue weighted by Crippen LogP contribution is -2.34. The fourth-order valence-corrected chi connectivity index (χ4v) is 1.81. The Kier molecular flexibility index (Phi) is 6.91. The summed E-state index contributed by atoms with van der Waals surface area (Å²) < 4.78 is 31.1. The minimum absolute atomic E-state index is 0.283. The highest BCUT2D eigenvalue weighted by Gasteiger charge is 2.12. The summed E-state index contributed by atoms with van der Waals surface area (Å²) in [4.78, 5) is 1.95. The van der Waals surface area contributed by atoms with Crippen molar-refractivity contribution in [2.45, 2.75) is 26.5 Å². The summed E-state index contributed by atoms with van der Waals surface area (Å²) in [6.45, 7) is 6.28. The van der Waals surface area contributed by atoms with Crippen LogP contribution in [0.3, 0.4) is 0 Å². The van der Waals surface area contributed by atoms with Crippen molar-refractivity contribution in [2.75, 3.05) is 26.3 Å². The molecule has 0 saturated heterocycles. The van der Waals surface area contributed by atoms with Gasteiger partial charge in [-0.25, -0.2) is 8.78 Å². The van der Waals surface area contributed by atoms with E-state index in [0.717, 1.165) is 6.07 Å². The van der Waals surface area contributed by atoms with Crippen molar-refractivity contribution in [1.29, 1.82) is 0 Å². The number of likely N-dealkylation sites (N-methyl/N-ethyl adjacent to an activating group) is 1. The van der Waals surface area contributed by atoms with E-state index in [4.69, 9.17) is 4.74 Å². The zero-order valence-electron chi connectivity index (χ0n) is 11.4. The lowest BCUT2D eigenvalue weighted by atomic mass is 10.2. The van der Waals surface area contributed by atoms with E-state index in [0.29, 0.717) is 31.8 Å². The number of aliphatic hydroxyl groups is 1. The number of benzene rings is 1. The fraction of sp³-hybridized carbons (Fsp3) is 0.571. The predicted molar refractivity (Wildman–Crippen MR) is 69.8 cm³/mol. The van der Waals surface area contributed by atoms with Crippen molar-refractivity contribution in [3.8, 4) is 0 Å². The third-order valence-corrected chi connectivity index (χ3v) is 2.82. The molecule has 0 aliphatic rings. The average molecular weight is 273 g/mol. The summed E-state index contributed by atoms with van der Waals surface area (Å²) in [6, 6.07) is 3.86. The molecule has 1 atom stereocenters. The summed E-state index contributed by atoms with van der Waals surface area (Å²) in [5.74, 6) is -1.69. The maximum Gasteiger partial charge on any atom is 0.159 e. The molecule has 0 spiro atoms. The number of hydrogen-bond donors (Lipinski definition) is 1. The van der Waals surface area contributed by atoms with E-state index >= 15 is 0 Å². The van der Waals surface area contributed by atoms with Crippen molar-refractivity contribution in [3.63, 3.8) is 0 Å². The first-order valence-electron chi connectivity index (χ1n) is 6.48. The topological polar surface area (TPSA) is 32.7 Å². The maximum absolute atomic E-state index is 13.1. The summed E-state index contributed by atoms with van der Waals surface area (Å²) in [7, 11) is 0. The molecule has 0 amide bonds. The first-order chi connectivity index (χ1) is 9.06. The van der Waals surface area contributed by atoms with Crippen molar-refractivity contribution in [2.24, 2.45) is 0 Å². The molecule has 19 heavy (non-hydrogen) atoms. The van der Waals surface area contributed by atoms with Gasteiger partial charge in [0.15, 0.2) is 11.6 Å². The summed E-state index contributed by atoms with van der Waals surface area (Å²) in [5, 5.41) is 9.76. The molecule has 108 valence electrons. The van der Waals surface area contributed by atoms with E-state index < -0.39 is 17.7 Å². The van der Waals surface area contributed by atoms with E-state index in [1.165, 1.54) is 6.07 Å². The SMILES string of the molecule is CCOC[C@@H](O)CN(CC)Cc1ccc(F)c(F)c1. The second kappa shape index (κ2) is 8.19. The van der Waals surface area contributed by atoms with Crippen LogP contribution in [-0.4, -0.2) is 42.4 Å². The third-order valence-electron chi connectivity index (χ3n) is 2.82. The largest absolute Gasteiger partial charge is 0.389 e. The highest BCUT2D eigenvalue weighted by molar-refractivity contribution is 5.17. The first kappa shape index (κ1) is 16.0. The Bertz CT molecular complexity index is 388. The van der Waals surface area contributed by atoms with Gasteiger partial charge in [0, 0.05) is 19.7 Å². The van der Waals surface area contributed by atoms with Crippen molar-refractivity contribution in [3.05, 3.63) is 35.4 Å². The van der Waals surface area contributed by atoms with Crippen LogP contribution in [0, 0.1) is 11.6 Å². The van der Waals surface area contributed by atoms with Crippen LogP contribution in [0.5, 0.6) is 0 Å². The first-order valence-corrected chi connectivity index (χ1v) is 6.48. The van der Waals surface area contributed by atoms with Gasteiger partial charge in [-0.3, -0.25) is 4.90 Å². The molecule has 0 aliphatic carbocycles. The van der Waals surface area contributed by atoms with Crippen LogP contribution in [-0.2, 0) is 11.3 Å². The van der Waals surface area contributed by atoms with Crippen LogP contribution in [0.25, 0.3) is 0 Å². The van der Waals surface area contributed by atoms with Crippen molar-refractivity contribution >= 4 is 0 Å². The van der Waals surface area contributed by atoms with E-state index in [1.807, 2.05) is 18.7 Å². The normalized spacial score (nSPS) is 12.9. The van der Waals surface area contributed by atoms with Gasteiger partial charge < -0.3 is 9.84 Å². The van der Waals surface area contributed by atoms with Gasteiger partial charge >= 0.3 is 0 Å². The quantitative estimate of drug-likeness (QED) is 0.788. The van der Waals surface area contributed by atoms with Gasteiger partial charge in [-0.05, 0) is 31.2 Å². The average Bonchev–Trinajstić information content (AvgIpc) is 2.39. The number of rotatable bonds is 8. The fourth-order valence-electron chi connectivity index (χ4n) is 1.81. The smallest absolute Gasteiger partial charge is 0.159 e. The summed E-state index contributed by atoms with van der Waals surface area (Å²) >= 11 is 0. The predicted octanol–water partition coefficient (Wildman–Crippen LogP) is 2.18. The minimum Gasteiger partial charge on any atom is -0.389 e. The molecule has 1 N–H and O–H groups in total. The van der Waals surface area contributed by atoms with E-state index in [2.05, 4.69) is 0 Å². The number of hydrogen-bond acceptors (Lipinski definition) is 3. The number of halogens is 2. The van der Waals surface area contributed by atoms with Gasteiger partial charge in [-0.2, -0.15) is 0 Å². The lowest BCUT2D eigenvalue weighted by molar-refractivity contribution is 0.0206. The zero-order chi connectivity index (χ0) is 14.3. The second-order valence-electron chi connectivity index (χ2n) is 4.39. The van der Waals surface area contributed by atoms with Gasteiger partial charge in [0.25, 0.3) is 0 Å². The highest BCUT2D eigenvalue weighted by Crippen LogP contribution is 2.11. The van der Waals surface area contributed by atoms with Gasteiger partial charge in [0.05, 0.1) is 12.7 Å². The molecular weight excluding hydrogens is 252 g/mol. The monoisotopic (exact) mass is 273 g/mol. The molecule has 1 aromatic carbocycles. The van der Waals surface area contributed by atoms with Gasteiger partial charge in [-0.15, -0.1) is 0 Å². The standard InChI is InChI=1S/C14H21F2NO2/c1-3-17(9-12(18)10-19-4-2)8-11-5-6-13(15)14(16)7-11/h5-7,12,18H,3-4,8-10H2,1-2H3/t12-/m0/s1. The molecule has 0 aromatic heterocycles. The number of ether oxygens (including phenoxy) is 1. The lowest BCUT2D eigenvalue weighted by Gasteiger charge is -2.23. The molecule has 0 saturated carbocycles. The molecule has 1 rings (SSSR count). The minimum atomic E-state index is -0.844. The van der Waals surface area contributed by atoms with Crippen molar-refractivity contribution < 1.29 is 18.6 Å². The molecule has 3 nitrogen and oxygen atoms in total. The molecule has 0 unspecified atom stereocenters. The molecule has 0 bridgehead atoms. The molecule has 1 aromatic rings. The van der Waals surface area contributed by atoms with E-state index in [9.17, 15) is 13.9 Å². The Morgan fingerprint density at radius 2 is 2.00 bits per heavy atom. The van der Waals surface area contributed by atoms with E-state index in [1.54, 1.807) is 6.07 Å². The molecule has 0 radical (unpaired) electrons. The molecule has 0 fully saturated rings.